The van der Waals surface area contributed by atoms with Crippen molar-refractivity contribution in [3.63, 3.8) is 0 Å². The van der Waals surface area contributed by atoms with E-state index in [1.807, 2.05) is 25.1 Å². The second-order valence-electron chi connectivity index (χ2n) is 4.67. The highest BCUT2D eigenvalue weighted by molar-refractivity contribution is 5.90. The number of urea groups is 1. The summed E-state index contributed by atoms with van der Waals surface area (Å²) in [6.45, 7) is 3.31. The van der Waals surface area contributed by atoms with Crippen LogP contribution in [0.1, 0.15) is 18.4 Å². The van der Waals surface area contributed by atoms with Gasteiger partial charge in [0.2, 0.25) is 0 Å². The van der Waals surface area contributed by atoms with Gasteiger partial charge < -0.3 is 20.1 Å². The molecule has 0 bridgehead atoms. The zero-order valence-corrected chi connectivity index (χ0v) is 11.4. The van der Waals surface area contributed by atoms with Crippen molar-refractivity contribution < 1.29 is 14.3 Å². The number of hydrogen-bond donors (Lipinski definition) is 2. The molecule has 1 saturated heterocycles. The van der Waals surface area contributed by atoms with Crippen LogP contribution in [-0.2, 0) is 4.74 Å². The lowest BCUT2D eigenvalue weighted by molar-refractivity contribution is 0.112. The molecular weight excluding hydrogens is 244 g/mol. The number of rotatable bonds is 4. The van der Waals surface area contributed by atoms with Crippen LogP contribution >= 0.6 is 0 Å². The van der Waals surface area contributed by atoms with E-state index in [0.29, 0.717) is 18.0 Å². The topological polar surface area (TPSA) is 59.6 Å². The average molecular weight is 264 g/mol. The lowest BCUT2D eigenvalue weighted by atomic mass is 10.2. The maximum absolute atomic E-state index is 11.8. The molecule has 1 aliphatic heterocycles. The fourth-order valence-electron chi connectivity index (χ4n) is 2.08. The fraction of sp³-hybridized carbons (Fsp3) is 0.500. The Morgan fingerprint density at radius 2 is 2.37 bits per heavy atom. The maximum Gasteiger partial charge on any atom is 0.319 e. The van der Waals surface area contributed by atoms with Gasteiger partial charge in [0, 0.05) is 13.2 Å². The molecular formula is C14H20N2O3. The molecule has 0 aliphatic carbocycles. The van der Waals surface area contributed by atoms with E-state index < -0.39 is 0 Å². The molecule has 104 valence electrons. The zero-order chi connectivity index (χ0) is 13.7. The SMILES string of the molecule is COc1cc(C)ccc1NC(=O)NCC1CCCO1. The fourth-order valence-corrected chi connectivity index (χ4v) is 2.08. The summed E-state index contributed by atoms with van der Waals surface area (Å²) >= 11 is 0. The van der Waals surface area contributed by atoms with E-state index in [-0.39, 0.29) is 12.1 Å². The minimum absolute atomic E-state index is 0.144. The monoisotopic (exact) mass is 264 g/mol. The van der Waals surface area contributed by atoms with Crippen molar-refractivity contribution in [1.82, 2.24) is 5.32 Å². The zero-order valence-electron chi connectivity index (χ0n) is 11.4. The molecule has 1 aliphatic rings. The summed E-state index contributed by atoms with van der Waals surface area (Å²) in [4.78, 5) is 11.8. The third-order valence-electron chi connectivity index (χ3n) is 3.12. The van der Waals surface area contributed by atoms with Crippen LogP contribution < -0.4 is 15.4 Å². The molecule has 5 nitrogen and oxygen atoms in total. The first-order valence-electron chi connectivity index (χ1n) is 6.50. The summed E-state index contributed by atoms with van der Waals surface area (Å²) in [5.74, 6) is 0.660. The highest BCUT2D eigenvalue weighted by Gasteiger charge is 2.16. The van der Waals surface area contributed by atoms with E-state index in [0.717, 1.165) is 25.0 Å². The predicted molar refractivity (Wildman–Crippen MR) is 73.7 cm³/mol. The Hall–Kier alpha value is -1.75. The van der Waals surface area contributed by atoms with Gasteiger partial charge in [0.1, 0.15) is 5.75 Å². The van der Waals surface area contributed by atoms with Crippen molar-refractivity contribution in [1.29, 1.82) is 0 Å². The van der Waals surface area contributed by atoms with Crippen LogP contribution in [-0.4, -0.2) is 32.4 Å². The number of carbonyl (C=O) groups excluding carboxylic acids is 1. The van der Waals surface area contributed by atoms with Gasteiger partial charge in [0.05, 0.1) is 18.9 Å². The molecule has 2 rings (SSSR count). The predicted octanol–water partition coefficient (Wildman–Crippen LogP) is 2.30. The number of ether oxygens (including phenoxy) is 2. The molecule has 1 aromatic rings. The summed E-state index contributed by atoms with van der Waals surface area (Å²) < 4.78 is 10.7. The van der Waals surface area contributed by atoms with Gasteiger partial charge in [-0.05, 0) is 37.5 Å². The number of anilines is 1. The Kier molecular flexibility index (Phi) is 4.63. The van der Waals surface area contributed by atoms with Crippen molar-refractivity contribution in [3.05, 3.63) is 23.8 Å². The number of methoxy groups -OCH3 is 1. The third-order valence-corrected chi connectivity index (χ3v) is 3.12. The smallest absolute Gasteiger partial charge is 0.319 e. The number of benzene rings is 1. The van der Waals surface area contributed by atoms with E-state index >= 15 is 0 Å². The molecule has 1 aromatic carbocycles. The molecule has 0 saturated carbocycles. The van der Waals surface area contributed by atoms with Gasteiger partial charge in [0.25, 0.3) is 0 Å². The molecule has 0 spiro atoms. The van der Waals surface area contributed by atoms with Crippen molar-refractivity contribution in [3.8, 4) is 5.75 Å². The van der Waals surface area contributed by atoms with E-state index in [9.17, 15) is 4.79 Å². The van der Waals surface area contributed by atoms with E-state index in [4.69, 9.17) is 9.47 Å². The quantitative estimate of drug-likeness (QED) is 0.877. The second-order valence-corrected chi connectivity index (χ2v) is 4.67. The molecule has 1 atom stereocenters. The standard InChI is InChI=1S/C14H20N2O3/c1-10-5-6-12(13(8-10)18-2)16-14(17)15-9-11-4-3-7-19-11/h5-6,8,11H,3-4,7,9H2,1-2H3,(H2,15,16,17). The number of nitrogens with one attached hydrogen (secondary N) is 2. The number of hydrogen-bond acceptors (Lipinski definition) is 3. The highest BCUT2D eigenvalue weighted by Crippen LogP contribution is 2.25. The Balaban J connectivity index is 1.87. The first kappa shape index (κ1) is 13.7. The molecule has 1 fully saturated rings. The number of carbonyl (C=O) groups is 1. The van der Waals surface area contributed by atoms with Crippen LogP contribution in [0.5, 0.6) is 5.75 Å². The van der Waals surface area contributed by atoms with Gasteiger partial charge in [-0.25, -0.2) is 4.79 Å². The highest BCUT2D eigenvalue weighted by atomic mass is 16.5. The van der Waals surface area contributed by atoms with E-state index in [2.05, 4.69) is 10.6 Å². The van der Waals surface area contributed by atoms with Gasteiger partial charge in [0.15, 0.2) is 0 Å². The van der Waals surface area contributed by atoms with Gasteiger partial charge in [-0.3, -0.25) is 0 Å². The number of aryl methyl sites for hydroxylation is 1. The average Bonchev–Trinajstić information content (AvgIpc) is 2.91. The van der Waals surface area contributed by atoms with Crippen LogP contribution in [0.25, 0.3) is 0 Å². The van der Waals surface area contributed by atoms with E-state index in [1.165, 1.54) is 0 Å². The molecule has 0 radical (unpaired) electrons. The van der Waals surface area contributed by atoms with Gasteiger partial charge in [-0.1, -0.05) is 6.07 Å². The molecule has 1 unspecified atom stereocenters. The van der Waals surface area contributed by atoms with Crippen molar-refractivity contribution in [2.45, 2.75) is 25.9 Å². The lowest BCUT2D eigenvalue weighted by Crippen LogP contribution is -2.35. The van der Waals surface area contributed by atoms with Crippen molar-refractivity contribution in [2.75, 3.05) is 25.6 Å². The third kappa shape index (κ3) is 3.86. The van der Waals surface area contributed by atoms with Crippen LogP contribution in [0.2, 0.25) is 0 Å². The van der Waals surface area contributed by atoms with Crippen molar-refractivity contribution >= 4 is 11.7 Å². The first-order chi connectivity index (χ1) is 9.19. The molecule has 19 heavy (non-hydrogen) atoms. The van der Waals surface area contributed by atoms with Crippen LogP contribution in [0.3, 0.4) is 0 Å². The Labute approximate surface area is 113 Å². The Morgan fingerprint density at radius 1 is 1.53 bits per heavy atom. The normalized spacial score (nSPS) is 18.1. The lowest BCUT2D eigenvalue weighted by Gasteiger charge is -2.13. The van der Waals surface area contributed by atoms with Gasteiger partial charge in [-0.2, -0.15) is 0 Å². The van der Waals surface area contributed by atoms with Crippen LogP contribution in [0.4, 0.5) is 10.5 Å². The van der Waals surface area contributed by atoms with Crippen LogP contribution in [0.15, 0.2) is 18.2 Å². The first-order valence-corrected chi connectivity index (χ1v) is 6.50. The second kappa shape index (κ2) is 6.43. The molecule has 1 heterocycles. The largest absolute Gasteiger partial charge is 0.495 e. The van der Waals surface area contributed by atoms with Crippen molar-refractivity contribution in [2.24, 2.45) is 0 Å². The van der Waals surface area contributed by atoms with E-state index in [1.54, 1.807) is 7.11 Å². The van der Waals surface area contributed by atoms with Gasteiger partial charge in [-0.15, -0.1) is 0 Å². The molecule has 0 aromatic heterocycles. The minimum atomic E-state index is -0.238. The summed E-state index contributed by atoms with van der Waals surface area (Å²) in [5, 5.41) is 5.59. The molecule has 2 N–H and O–H groups in total. The summed E-state index contributed by atoms with van der Waals surface area (Å²) in [5.41, 5.74) is 1.75. The summed E-state index contributed by atoms with van der Waals surface area (Å²) in [7, 11) is 1.59. The van der Waals surface area contributed by atoms with Gasteiger partial charge >= 0.3 is 6.03 Å². The summed E-state index contributed by atoms with van der Waals surface area (Å²) in [6, 6.07) is 5.41. The molecule has 5 heteroatoms. The van der Waals surface area contributed by atoms with Crippen LogP contribution in [0, 0.1) is 6.92 Å². The molecule has 2 amide bonds. The maximum atomic E-state index is 11.8. The number of amides is 2. The Bertz CT molecular complexity index is 442. The minimum Gasteiger partial charge on any atom is -0.495 e. The Morgan fingerprint density at radius 3 is 3.05 bits per heavy atom. The summed E-state index contributed by atoms with van der Waals surface area (Å²) in [6.07, 6.45) is 2.22.